The van der Waals surface area contributed by atoms with Gasteiger partial charge in [0.1, 0.15) is 17.2 Å². The fourth-order valence-electron chi connectivity index (χ4n) is 2.30. The van der Waals surface area contributed by atoms with Crippen LogP contribution in [0.2, 0.25) is 0 Å². The molecule has 0 bridgehead atoms. The SMILES string of the molecule is Cn1ccnc1Cn1c(CCCl)nc2c(F)cccc21. The van der Waals surface area contributed by atoms with E-state index in [1.54, 1.807) is 12.3 Å². The first-order valence-electron chi connectivity index (χ1n) is 6.36. The van der Waals surface area contributed by atoms with E-state index in [0.717, 1.165) is 17.2 Å². The van der Waals surface area contributed by atoms with Crippen molar-refractivity contribution in [1.29, 1.82) is 0 Å². The minimum Gasteiger partial charge on any atom is -0.337 e. The minimum atomic E-state index is -0.308. The van der Waals surface area contributed by atoms with Gasteiger partial charge in [-0.2, -0.15) is 0 Å². The van der Waals surface area contributed by atoms with Crippen LogP contribution in [0.15, 0.2) is 30.6 Å². The third-order valence-corrected chi connectivity index (χ3v) is 3.54. The Morgan fingerprint density at radius 1 is 1.30 bits per heavy atom. The lowest BCUT2D eigenvalue weighted by Gasteiger charge is -2.08. The van der Waals surface area contributed by atoms with Crippen LogP contribution in [0.4, 0.5) is 4.39 Å². The number of hydrogen-bond donors (Lipinski definition) is 0. The molecule has 0 radical (unpaired) electrons. The summed E-state index contributed by atoms with van der Waals surface area (Å²) in [5, 5.41) is 0. The summed E-state index contributed by atoms with van der Waals surface area (Å²) in [6, 6.07) is 4.98. The van der Waals surface area contributed by atoms with Crippen molar-refractivity contribution in [3.63, 3.8) is 0 Å². The molecule has 0 spiro atoms. The zero-order valence-corrected chi connectivity index (χ0v) is 11.8. The van der Waals surface area contributed by atoms with Crippen molar-refractivity contribution >= 4 is 22.6 Å². The summed E-state index contributed by atoms with van der Waals surface area (Å²) >= 11 is 5.82. The van der Waals surface area contributed by atoms with Gasteiger partial charge >= 0.3 is 0 Å². The fourth-order valence-corrected chi connectivity index (χ4v) is 2.47. The first-order valence-corrected chi connectivity index (χ1v) is 6.90. The third-order valence-electron chi connectivity index (χ3n) is 3.35. The Labute approximate surface area is 120 Å². The first-order chi connectivity index (χ1) is 9.70. The summed E-state index contributed by atoms with van der Waals surface area (Å²) in [6.07, 6.45) is 4.23. The van der Waals surface area contributed by atoms with E-state index < -0.39 is 0 Å². The molecule has 2 aromatic heterocycles. The number of rotatable bonds is 4. The molecule has 2 heterocycles. The van der Waals surface area contributed by atoms with Crippen LogP contribution in [-0.4, -0.2) is 25.0 Å². The number of para-hydroxylation sites is 1. The molecule has 104 valence electrons. The highest BCUT2D eigenvalue weighted by atomic mass is 35.5. The van der Waals surface area contributed by atoms with Gasteiger partial charge in [-0.05, 0) is 12.1 Å². The van der Waals surface area contributed by atoms with Crippen molar-refractivity contribution in [1.82, 2.24) is 19.1 Å². The highest BCUT2D eigenvalue weighted by Crippen LogP contribution is 2.20. The molecule has 0 fully saturated rings. The summed E-state index contributed by atoms with van der Waals surface area (Å²) in [5.41, 5.74) is 1.16. The molecule has 6 heteroatoms. The Kier molecular flexibility index (Phi) is 3.44. The van der Waals surface area contributed by atoms with Crippen molar-refractivity contribution in [3.05, 3.63) is 48.1 Å². The van der Waals surface area contributed by atoms with Gasteiger partial charge in [-0.1, -0.05) is 6.07 Å². The van der Waals surface area contributed by atoms with Gasteiger partial charge in [0.05, 0.1) is 12.1 Å². The number of aryl methyl sites for hydroxylation is 2. The van der Waals surface area contributed by atoms with Gasteiger partial charge in [-0.3, -0.25) is 0 Å². The van der Waals surface area contributed by atoms with Gasteiger partial charge in [-0.25, -0.2) is 14.4 Å². The van der Waals surface area contributed by atoms with Gasteiger partial charge in [0, 0.05) is 31.7 Å². The minimum absolute atomic E-state index is 0.308. The van der Waals surface area contributed by atoms with Crippen LogP contribution in [0, 0.1) is 5.82 Å². The molecule has 0 atom stereocenters. The van der Waals surface area contributed by atoms with Crippen molar-refractivity contribution in [2.24, 2.45) is 7.05 Å². The molecule has 0 aliphatic carbocycles. The van der Waals surface area contributed by atoms with E-state index in [4.69, 9.17) is 11.6 Å². The molecule has 3 aromatic rings. The number of hydrogen-bond acceptors (Lipinski definition) is 2. The lowest BCUT2D eigenvalue weighted by Crippen LogP contribution is -2.09. The molecule has 0 saturated heterocycles. The molecule has 0 unspecified atom stereocenters. The molecular formula is C14H14ClFN4. The highest BCUT2D eigenvalue weighted by molar-refractivity contribution is 6.17. The molecule has 4 nitrogen and oxygen atoms in total. The van der Waals surface area contributed by atoms with Crippen molar-refractivity contribution in [2.75, 3.05) is 5.88 Å². The summed E-state index contributed by atoms with van der Waals surface area (Å²) in [4.78, 5) is 8.69. The third kappa shape index (κ3) is 2.18. The van der Waals surface area contributed by atoms with E-state index in [-0.39, 0.29) is 5.82 Å². The van der Waals surface area contributed by atoms with E-state index in [2.05, 4.69) is 9.97 Å². The van der Waals surface area contributed by atoms with Crippen LogP contribution in [0.1, 0.15) is 11.6 Å². The number of aromatic nitrogens is 4. The Bertz CT molecular complexity index is 747. The van der Waals surface area contributed by atoms with Crippen LogP contribution in [-0.2, 0) is 20.0 Å². The zero-order valence-electron chi connectivity index (χ0n) is 11.1. The topological polar surface area (TPSA) is 35.6 Å². The van der Waals surface area contributed by atoms with Gasteiger partial charge in [0.25, 0.3) is 0 Å². The average molecular weight is 293 g/mol. The molecule has 0 aliphatic heterocycles. The van der Waals surface area contributed by atoms with E-state index in [1.165, 1.54) is 6.07 Å². The van der Waals surface area contributed by atoms with E-state index in [0.29, 0.717) is 24.4 Å². The molecule has 0 amide bonds. The quantitative estimate of drug-likeness (QED) is 0.693. The largest absolute Gasteiger partial charge is 0.337 e. The molecule has 0 saturated carbocycles. The maximum absolute atomic E-state index is 13.8. The van der Waals surface area contributed by atoms with Crippen molar-refractivity contribution < 1.29 is 4.39 Å². The lowest BCUT2D eigenvalue weighted by atomic mass is 10.3. The number of halogens is 2. The molecule has 3 rings (SSSR count). The van der Waals surface area contributed by atoms with Crippen LogP contribution in [0.25, 0.3) is 11.0 Å². The number of imidazole rings is 2. The maximum atomic E-state index is 13.8. The van der Waals surface area contributed by atoms with Crippen LogP contribution < -0.4 is 0 Å². The van der Waals surface area contributed by atoms with E-state index in [9.17, 15) is 4.39 Å². The number of alkyl halides is 1. The number of nitrogens with zero attached hydrogens (tertiary/aromatic N) is 4. The second kappa shape index (κ2) is 5.25. The molecular weight excluding hydrogens is 279 g/mol. The summed E-state index contributed by atoms with van der Waals surface area (Å²) in [6.45, 7) is 0.551. The van der Waals surface area contributed by atoms with Gasteiger partial charge in [0.15, 0.2) is 5.82 Å². The summed E-state index contributed by atoms with van der Waals surface area (Å²) < 4.78 is 17.8. The zero-order chi connectivity index (χ0) is 14.1. The summed E-state index contributed by atoms with van der Waals surface area (Å²) in [7, 11) is 1.93. The monoisotopic (exact) mass is 292 g/mol. The Morgan fingerprint density at radius 3 is 2.85 bits per heavy atom. The molecule has 0 N–H and O–H groups in total. The molecule has 1 aromatic carbocycles. The van der Waals surface area contributed by atoms with Crippen molar-refractivity contribution in [3.8, 4) is 0 Å². The fraction of sp³-hybridized carbons (Fsp3) is 0.286. The van der Waals surface area contributed by atoms with Gasteiger partial charge in [0.2, 0.25) is 0 Å². The predicted octanol–water partition coefficient (Wildman–Crippen LogP) is 2.74. The van der Waals surface area contributed by atoms with Crippen LogP contribution in [0.5, 0.6) is 0 Å². The van der Waals surface area contributed by atoms with E-state index >= 15 is 0 Å². The Morgan fingerprint density at radius 2 is 2.15 bits per heavy atom. The van der Waals surface area contributed by atoms with Crippen molar-refractivity contribution in [2.45, 2.75) is 13.0 Å². The molecule has 0 aliphatic rings. The Hall–Kier alpha value is -1.88. The first kappa shape index (κ1) is 13.1. The van der Waals surface area contributed by atoms with E-state index in [1.807, 2.05) is 28.4 Å². The van der Waals surface area contributed by atoms with Crippen LogP contribution in [0.3, 0.4) is 0 Å². The molecule has 20 heavy (non-hydrogen) atoms. The highest BCUT2D eigenvalue weighted by Gasteiger charge is 2.14. The summed E-state index contributed by atoms with van der Waals surface area (Å²) in [5.74, 6) is 1.82. The Balaban J connectivity index is 2.14. The average Bonchev–Trinajstić information content (AvgIpc) is 2.98. The number of benzene rings is 1. The van der Waals surface area contributed by atoms with Crippen LogP contribution >= 0.6 is 11.6 Å². The maximum Gasteiger partial charge on any atom is 0.151 e. The lowest BCUT2D eigenvalue weighted by molar-refractivity contribution is 0.637. The standard InChI is InChI=1S/C14H14ClFN4/c1-19-8-7-17-13(19)9-20-11-4-2-3-10(16)14(11)18-12(20)5-6-15/h2-4,7-8H,5-6,9H2,1H3. The second-order valence-electron chi connectivity index (χ2n) is 4.62. The van der Waals surface area contributed by atoms with Gasteiger partial charge < -0.3 is 9.13 Å². The predicted molar refractivity (Wildman–Crippen MR) is 76.4 cm³/mol. The smallest absolute Gasteiger partial charge is 0.151 e. The second-order valence-corrected chi connectivity index (χ2v) is 4.99. The number of fused-ring (bicyclic) bond motifs is 1. The van der Waals surface area contributed by atoms with Gasteiger partial charge in [-0.15, -0.1) is 11.6 Å². The normalized spacial score (nSPS) is 11.3.